The molecule has 0 saturated heterocycles. The van der Waals surface area contributed by atoms with E-state index < -0.39 is 0 Å². The van der Waals surface area contributed by atoms with Crippen molar-refractivity contribution >= 4 is 34.0 Å². The highest BCUT2D eigenvalue weighted by Gasteiger charge is 2.16. The van der Waals surface area contributed by atoms with Crippen LogP contribution in [-0.4, -0.2) is 14.6 Å². The third-order valence-electron chi connectivity index (χ3n) is 3.40. The fourth-order valence-corrected chi connectivity index (χ4v) is 3.45. The minimum Gasteiger partial charge on any atom is -0.462 e. The molecular weight excluding hydrogens is 334 g/mol. The van der Waals surface area contributed by atoms with Crippen LogP contribution in [0.5, 0.6) is 0 Å². The Bertz CT molecular complexity index is 1130. The lowest BCUT2D eigenvalue weighted by atomic mass is 10.2. The minimum absolute atomic E-state index is 0.182. The van der Waals surface area contributed by atoms with Crippen LogP contribution in [0.25, 0.3) is 22.4 Å². The van der Waals surface area contributed by atoms with E-state index in [1.807, 2.05) is 37.3 Å². The van der Waals surface area contributed by atoms with E-state index in [0.29, 0.717) is 31.7 Å². The van der Waals surface area contributed by atoms with Crippen molar-refractivity contribution in [1.82, 2.24) is 14.6 Å². The van der Waals surface area contributed by atoms with Gasteiger partial charge >= 0.3 is 0 Å². The molecule has 7 heteroatoms. The Hall–Kier alpha value is -2.44. The molecule has 0 radical (unpaired) electrons. The van der Waals surface area contributed by atoms with E-state index in [-0.39, 0.29) is 5.56 Å². The Morgan fingerprint density at radius 2 is 2.04 bits per heavy atom. The number of fused-ring (bicyclic) bond motifs is 1. The molecule has 4 rings (SSSR count). The third kappa shape index (κ3) is 2.36. The number of halogens is 1. The fourth-order valence-electron chi connectivity index (χ4n) is 2.34. The number of hydrogen-bond donors (Lipinski definition) is 0. The smallest absolute Gasteiger partial charge is 0.276 e. The Labute approximate surface area is 139 Å². The lowest BCUT2D eigenvalue weighted by molar-refractivity contribution is 0.525. The predicted octanol–water partition coefficient (Wildman–Crippen LogP) is 2.92. The van der Waals surface area contributed by atoms with Crippen LogP contribution in [0.1, 0.15) is 11.5 Å². The first-order valence-electron chi connectivity index (χ1n) is 6.84. The number of aromatic nitrogens is 3. The molecule has 0 bridgehead atoms. The molecule has 0 N–H and O–H groups in total. The van der Waals surface area contributed by atoms with Gasteiger partial charge in [0, 0.05) is 11.6 Å². The second kappa shape index (κ2) is 5.33. The molecule has 0 unspecified atom stereocenters. The zero-order valence-electron chi connectivity index (χ0n) is 12.0. The molecule has 5 nitrogen and oxygen atoms in total. The van der Waals surface area contributed by atoms with Gasteiger partial charge in [-0.15, -0.1) is 10.2 Å². The molecule has 0 aliphatic rings. The van der Waals surface area contributed by atoms with E-state index in [4.69, 9.17) is 16.0 Å². The van der Waals surface area contributed by atoms with Crippen LogP contribution in [0, 0.1) is 6.92 Å². The second-order valence-corrected chi connectivity index (χ2v) is 6.40. The highest BCUT2D eigenvalue weighted by Crippen LogP contribution is 2.25. The van der Waals surface area contributed by atoms with Crippen LogP contribution < -0.4 is 10.1 Å². The lowest BCUT2D eigenvalue weighted by Crippen LogP contribution is -2.23. The summed E-state index contributed by atoms with van der Waals surface area (Å²) in [5.74, 6) is 1.88. The molecule has 0 saturated carbocycles. The van der Waals surface area contributed by atoms with Gasteiger partial charge in [0.25, 0.3) is 5.56 Å². The Kier molecular flexibility index (Phi) is 3.28. The number of rotatable bonds is 2. The van der Waals surface area contributed by atoms with E-state index >= 15 is 0 Å². The third-order valence-corrected chi connectivity index (χ3v) is 4.69. The van der Waals surface area contributed by atoms with Gasteiger partial charge in [0.15, 0.2) is 5.82 Å². The number of hydrogen-bond acceptors (Lipinski definition) is 5. The quantitative estimate of drug-likeness (QED) is 0.561. The van der Waals surface area contributed by atoms with Gasteiger partial charge in [0.2, 0.25) is 4.96 Å². The van der Waals surface area contributed by atoms with Gasteiger partial charge in [-0.3, -0.25) is 4.79 Å². The first-order valence-corrected chi connectivity index (χ1v) is 8.04. The predicted molar refractivity (Wildman–Crippen MR) is 89.8 cm³/mol. The van der Waals surface area contributed by atoms with Crippen molar-refractivity contribution in [2.75, 3.05) is 0 Å². The normalized spacial score (nSPS) is 12.3. The van der Waals surface area contributed by atoms with Crippen molar-refractivity contribution in [3.05, 3.63) is 67.8 Å². The fraction of sp³-hybridized carbons (Fsp3) is 0.0625. The highest BCUT2D eigenvalue weighted by molar-refractivity contribution is 7.15. The van der Waals surface area contributed by atoms with E-state index in [1.165, 1.54) is 15.7 Å². The molecular formula is C16H10ClN3O2S. The summed E-state index contributed by atoms with van der Waals surface area (Å²) in [6.45, 7) is 1.86. The summed E-state index contributed by atoms with van der Waals surface area (Å²) in [5, 5.41) is 8.72. The maximum Gasteiger partial charge on any atom is 0.276 e. The average molecular weight is 344 g/mol. The highest BCUT2D eigenvalue weighted by atomic mass is 35.5. The maximum absolute atomic E-state index is 12.7. The first-order chi connectivity index (χ1) is 11.1. The molecule has 4 aromatic rings. The largest absolute Gasteiger partial charge is 0.462 e. The van der Waals surface area contributed by atoms with Crippen molar-refractivity contribution in [3.8, 4) is 11.4 Å². The molecule has 114 valence electrons. The van der Waals surface area contributed by atoms with Crippen LogP contribution in [0.2, 0.25) is 5.02 Å². The van der Waals surface area contributed by atoms with Gasteiger partial charge in [0.05, 0.1) is 5.02 Å². The van der Waals surface area contributed by atoms with E-state index in [1.54, 1.807) is 12.1 Å². The Morgan fingerprint density at radius 3 is 2.78 bits per heavy atom. The molecule has 3 aromatic heterocycles. The Morgan fingerprint density at radius 1 is 1.22 bits per heavy atom. The monoisotopic (exact) mass is 343 g/mol. The number of nitrogens with zero attached hydrogens (tertiary/aromatic N) is 3. The summed E-state index contributed by atoms with van der Waals surface area (Å²) in [6, 6.07) is 10.9. The van der Waals surface area contributed by atoms with Gasteiger partial charge in [-0.1, -0.05) is 35.1 Å². The molecule has 0 aliphatic heterocycles. The lowest BCUT2D eigenvalue weighted by Gasteiger charge is -1.99. The summed E-state index contributed by atoms with van der Waals surface area (Å²) in [5.41, 5.74) is 0.496. The zero-order valence-corrected chi connectivity index (χ0v) is 13.6. The van der Waals surface area contributed by atoms with E-state index in [9.17, 15) is 4.79 Å². The van der Waals surface area contributed by atoms with Gasteiger partial charge in [-0.05, 0) is 31.2 Å². The molecule has 0 amide bonds. The van der Waals surface area contributed by atoms with Gasteiger partial charge in [-0.25, -0.2) is 4.40 Å². The summed E-state index contributed by atoms with van der Waals surface area (Å²) < 4.78 is 7.51. The molecule has 23 heavy (non-hydrogen) atoms. The first kappa shape index (κ1) is 14.2. The van der Waals surface area contributed by atoms with Crippen LogP contribution in [-0.2, 0) is 0 Å². The van der Waals surface area contributed by atoms with Crippen molar-refractivity contribution in [2.24, 2.45) is 0 Å². The molecule has 0 spiro atoms. The second-order valence-electron chi connectivity index (χ2n) is 4.99. The minimum atomic E-state index is -0.182. The standard InChI is InChI=1S/C16H10ClN3O2S/c1-9-6-7-10(22-9)8-13-15(21)20-14(18-19-16(20)23-13)11-4-2-3-5-12(11)17/h2-8H,1H3/b13-8-. The van der Waals surface area contributed by atoms with Gasteiger partial charge in [-0.2, -0.15) is 0 Å². The van der Waals surface area contributed by atoms with Crippen molar-refractivity contribution < 1.29 is 4.42 Å². The average Bonchev–Trinajstić information content (AvgIpc) is 3.19. The van der Waals surface area contributed by atoms with Crippen molar-refractivity contribution in [1.29, 1.82) is 0 Å². The number of aryl methyl sites for hydroxylation is 1. The number of furan rings is 1. The van der Waals surface area contributed by atoms with Crippen LogP contribution >= 0.6 is 22.9 Å². The van der Waals surface area contributed by atoms with E-state index in [0.717, 1.165) is 5.76 Å². The SMILES string of the molecule is Cc1ccc(/C=c2\sc3nnc(-c4ccccc4Cl)n3c2=O)o1. The summed E-state index contributed by atoms with van der Waals surface area (Å²) >= 11 is 7.47. The summed E-state index contributed by atoms with van der Waals surface area (Å²) in [7, 11) is 0. The van der Waals surface area contributed by atoms with Crippen LogP contribution in [0.3, 0.4) is 0 Å². The van der Waals surface area contributed by atoms with Crippen molar-refractivity contribution in [2.45, 2.75) is 6.92 Å². The number of thiazole rings is 1. The van der Waals surface area contributed by atoms with Gasteiger partial charge < -0.3 is 4.42 Å². The van der Waals surface area contributed by atoms with E-state index in [2.05, 4.69) is 10.2 Å². The Balaban J connectivity index is 1.96. The van der Waals surface area contributed by atoms with Crippen LogP contribution in [0.4, 0.5) is 0 Å². The summed E-state index contributed by atoms with van der Waals surface area (Å²) in [6.07, 6.45) is 1.71. The topological polar surface area (TPSA) is 60.4 Å². The van der Waals surface area contributed by atoms with Crippen LogP contribution in [0.15, 0.2) is 45.6 Å². The van der Waals surface area contributed by atoms with Gasteiger partial charge in [0.1, 0.15) is 16.1 Å². The molecule has 3 heterocycles. The van der Waals surface area contributed by atoms with Crippen molar-refractivity contribution in [3.63, 3.8) is 0 Å². The summed E-state index contributed by atoms with van der Waals surface area (Å²) in [4.78, 5) is 13.2. The molecule has 1 aromatic carbocycles. The number of benzene rings is 1. The maximum atomic E-state index is 12.7. The molecule has 0 fully saturated rings. The zero-order chi connectivity index (χ0) is 16.0. The molecule has 0 aliphatic carbocycles. The molecule has 0 atom stereocenters.